The van der Waals surface area contributed by atoms with E-state index < -0.39 is 0 Å². The Labute approximate surface area is 94.1 Å². The van der Waals surface area contributed by atoms with Crippen LogP contribution in [0.15, 0.2) is 42.7 Å². The fraction of sp³-hybridized carbons (Fsp3) is 0.167. The van der Waals surface area contributed by atoms with Gasteiger partial charge in [-0.1, -0.05) is 18.2 Å². The van der Waals surface area contributed by atoms with Crippen LogP contribution in [0.4, 0.5) is 5.69 Å². The van der Waals surface area contributed by atoms with E-state index >= 15 is 0 Å². The van der Waals surface area contributed by atoms with Gasteiger partial charge in [0.2, 0.25) is 0 Å². The molecule has 80 valence electrons. The molecule has 4 heteroatoms. The summed E-state index contributed by atoms with van der Waals surface area (Å²) in [6, 6.07) is 11.5. The Morgan fingerprint density at radius 1 is 1.38 bits per heavy atom. The van der Waals surface area contributed by atoms with Crippen LogP contribution in [-0.4, -0.2) is 9.78 Å². The molecule has 0 radical (unpaired) electrons. The highest BCUT2D eigenvalue weighted by molar-refractivity contribution is 5.46. The lowest BCUT2D eigenvalue weighted by atomic mass is 10.1. The van der Waals surface area contributed by atoms with Crippen LogP contribution >= 0.6 is 0 Å². The fourth-order valence-electron chi connectivity index (χ4n) is 1.48. The summed E-state index contributed by atoms with van der Waals surface area (Å²) in [6.07, 6.45) is 3.54. The minimum absolute atomic E-state index is 0.365. The second-order valence-electron chi connectivity index (χ2n) is 3.52. The number of nitrogens with zero attached hydrogens (tertiary/aromatic N) is 3. The molecule has 0 aliphatic heterocycles. The van der Waals surface area contributed by atoms with Crippen molar-refractivity contribution in [1.82, 2.24) is 9.78 Å². The van der Waals surface area contributed by atoms with Crippen LogP contribution in [0.5, 0.6) is 0 Å². The van der Waals surface area contributed by atoms with Crippen LogP contribution in [0.2, 0.25) is 0 Å². The van der Waals surface area contributed by atoms with Gasteiger partial charge in [0.1, 0.15) is 6.04 Å². The molecule has 4 nitrogen and oxygen atoms in total. The largest absolute Gasteiger partial charge is 0.366 e. The van der Waals surface area contributed by atoms with E-state index in [1.165, 1.54) is 0 Å². The highest BCUT2D eigenvalue weighted by Crippen LogP contribution is 2.17. The first-order valence-electron chi connectivity index (χ1n) is 4.99. The second kappa shape index (κ2) is 4.49. The predicted molar refractivity (Wildman–Crippen MR) is 61.6 cm³/mol. The number of rotatable bonds is 3. The SMILES string of the molecule is Cn1cc(C(C#N)Nc2ccccc2)cn1. The van der Waals surface area contributed by atoms with Crippen LogP contribution in [0.25, 0.3) is 0 Å². The molecular weight excluding hydrogens is 200 g/mol. The van der Waals surface area contributed by atoms with Gasteiger partial charge in [-0.05, 0) is 12.1 Å². The van der Waals surface area contributed by atoms with Gasteiger partial charge in [-0.2, -0.15) is 10.4 Å². The Kier molecular flexibility index (Phi) is 2.88. The average Bonchev–Trinajstić information content (AvgIpc) is 2.74. The van der Waals surface area contributed by atoms with E-state index in [1.54, 1.807) is 10.9 Å². The van der Waals surface area contributed by atoms with Crippen LogP contribution in [0, 0.1) is 11.3 Å². The molecule has 0 aliphatic rings. The van der Waals surface area contributed by atoms with Crippen molar-refractivity contribution in [2.75, 3.05) is 5.32 Å². The molecule has 0 amide bonds. The lowest BCUT2D eigenvalue weighted by Crippen LogP contribution is -2.07. The maximum absolute atomic E-state index is 9.10. The maximum Gasteiger partial charge on any atom is 0.143 e. The highest BCUT2D eigenvalue weighted by atomic mass is 15.2. The Morgan fingerprint density at radius 2 is 2.12 bits per heavy atom. The van der Waals surface area contributed by atoms with E-state index in [2.05, 4.69) is 16.5 Å². The summed E-state index contributed by atoms with van der Waals surface area (Å²) >= 11 is 0. The first-order valence-corrected chi connectivity index (χ1v) is 4.99. The number of nitrogens with one attached hydrogen (secondary N) is 1. The van der Waals surface area contributed by atoms with Gasteiger partial charge in [-0.25, -0.2) is 0 Å². The molecular formula is C12H12N4. The summed E-state index contributed by atoms with van der Waals surface area (Å²) in [5.74, 6) is 0. The van der Waals surface area contributed by atoms with Crippen LogP contribution in [-0.2, 0) is 7.05 Å². The first-order chi connectivity index (χ1) is 7.79. The van der Waals surface area contributed by atoms with Crippen molar-refractivity contribution in [3.8, 4) is 6.07 Å². The predicted octanol–water partition coefficient (Wildman–Crippen LogP) is 2.10. The van der Waals surface area contributed by atoms with Crippen molar-refractivity contribution < 1.29 is 0 Å². The summed E-state index contributed by atoms with van der Waals surface area (Å²) < 4.78 is 1.69. The molecule has 0 saturated heterocycles. The summed E-state index contributed by atoms with van der Waals surface area (Å²) in [5.41, 5.74) is 1.80. The number of aromatic nitrogens is 2. The third kappa shape index (κ3) is 2.20. The van der Waals surface area contributed by atoms with Crippen molar-refractivity contribution in [3.63, 3.8) is 0 Å². The lowest BCUT2D eigenvalue weighted by Gasteiger charge is -2.10. The lowest BCUT2D eigenvalue weighted by molar-refractivity contribution is 0.766. The Bertz CT molecular complexity index is 495. The van der Waals surface area contributed by atoms with E-state index in [4.69, 9.17) is 5.26 Å². The number of hydrogen-bond donors (Lipinski definition) is 1. The van der Waals surface area contributed by atoms with Gasteiger partial charge in [0, 0.05) is 24.5 Å². The minimum atomic E-state index is -0.365. The van der Waals surface area contributed by atoms with Gasteiger partial charge in [0.15, 0.2) is 0 Å². The van der Waals surface area contributed by atoms with Crippen molar-refractivity contribution >= 4 is 5.69 Å². The van der Waals surface area contributed by atoms with E-state index in [-0.39, 0.29) is 6.04 Å². The van der Waals surface area contributed by atoms with Gasteiger partial charge in [0.25, 0.3) is 0 Å². The molecule has 16 heavy (non-hydrogen) atoms. The second-order valence-corrected chi connectivity index (χ2v) is 3.52. The maximum atomic E-state index is 9.10. The summed E-state index contributed by atoms with van der Waals surface area (Å²) in [4.78, 5) is 0. The molecule has 1 aromatic heterocycles. The van der Waals surface area contributed by atoms with E-state index in [9.17, 15) is 0 Å². The zero-order valence-corrected chi connectivity index (χ0v) is 8.96. The normalized spacial score (nSPS) is 11.8. The van der Waals surface area contributed by atoms with E-state index in [0.29, 0.717) is 0 Å². The Hall–Kier alpha value is -2.28. The molecule has 1 heterocycles. The highest BCUT2D eigenvalue weighted by Gasteiger charge is 2.11. The molecule has 0 bridgehead atoms. The molecule has 0 aliphatic carbocycles. The molecule has 1 N–H and O–H groups in total. The number of aryl methyl sites for hydroxylation is 1. The molecule has 0 saturated carbocycles. The van der Waals surface area contributed by atoms with Crippen molar-refractivity contribution in [3.05, 3.63) is 48.3 Å². The minimum Gasteiger partial charge on any atom is -0.366 e. The van der Waals surface area contributed by atoms with Crippen molar-refractivity contribution in [2.24, 2.45) is 7.05 Å². The Balaban J connectivity index is 2.16. The zero-order chi connectivity index (χ0) is 11.4. The van der Waals surface area contributed by atoms with Gasteiger partial charge in [-0.15, -0.1) is 0 Å². The first kappa shape index (κ1) is 10.2. The smallest absolute Gasteiger partial charge is 0.143 e. The van der Waals surface area contributed by atoms with E-state index in [1.807, 2.05) is 43.6 Å². The third-order valence-electron chi connectivity index (χ3n) is 2.27. The number of nitriles is 1. The zero-order valence-electron chi connectivity index (χ0n) is 8.96. The Morgan fingerprint density at radius 3 is 2.69 bits per heavy atom. The molecule has 2 rings (SSSR count). The molecule has 1 unspecified atom stereocenters. The fourth-order valence-corrected chi connectivity index (χ4v) is 1.48. The van der Waals surface area contributed by atoms with Gasteiger partial charge in [-0.3, -0.25) is 4.68 Å². The molecule has 0 spiro atoms. The van der Waals surface area contributed by atoms with Gasteiger partial charge in [0.05, 0.1) is 12.3 Å². The van der Waals surface area contributed by atoms with Crippen molar-refractivity contribution in [1.29, 1.82) is 5.26 Å². The average molecular weight is 212 g/mol. The van der Waals surface area contributed by atoms with E-state index in [0.717, 1.165) is 11.3 Å². The van der Waals surface area contributed by atoms with Gasteiger partial charge >= 0.3 is 0 Å². The summed E-state index contributed by atoms with van der Waals surface area (Å²) in [6.45, 7) is 0. The molecule has 1 atom stereocenters. The third-order valence-corrected chi connectivity index (χ3v) is 2.27. The van der Waals surface area contributed by atoms with Gasteiger partial charge < -0.3 is 5.32 Å². The monoisotopic (exact) mass is 212 g/mol. The number of benzene rings is 1. The van der Waals surface area contributed by atoms with Crippen LogP contribution in [0.1, 0.15) is 11.6 Å². The summed E-state index contributed by atoms with van der Waals surface area (Å²) in [7, 11) is 1.83. The molecule has 1 aromatic carbocycles. The number of hydrogen-bond acceptors (Lipinski definition) is 3. The number of anilines is 1. The molecule has 0 fully saturated rings. The molecule has 2 aromatic rings. The quantitative estimate of drug-likeness (QED) is 0.847. The topological polar surface area (TPSA) is 53.6 Å². The van der Waals surface area contributed by atoms with Crippen LogP contribution in [0.3, 0.4) is 0 Å². The van der Waals surface area contributed by atoms with Crippen molar-refractivity contribution in [2.45, 2.75) is 6.04 Å². The summed E-state index contributed by atoms with van der Waals surface area (Å²) in [5, 5.41) is 16.3. The standard InChI is InChI=1S/C12H12N4/c1-16-9-10(8-14-16)12(7-13)15-11-5-3-2-4-6-11/h2-6,8-9,12,15H,1H3. The van der Waals surface area contributed by atoms with Crippen LogP contribution < -0.4 is 5.32 Å². The number of para-hydroxylation sites is 1.